The molecule has 0 saturated carbocycles. The Labute approximate surface area is 119 Å². The number of hydrogen-bond donors (Lipinski definition) is 0. The summed E-state index contributed by atoms with van der Waals surface area (Å²) in [4.78, 5) is 22.2. The molecule has 1 aromatic carbocycles. The lowest BCUT2D eigenvalue weighted by molar-refractivity contribution is -0.158. The summed E-state index contributed by atoms with van der Waals surface area (Å²) in [7, 11) is 0. The number of benzene rings is 1. The van der Waals surface area contributed by atoms with Crippen molar-refractivity contribution >= 4 is 5.97 Å². The van der Waals surface area contributed by atoms with Crippen LogP contribution in [0, 0.1) is 18.8 Å². The maximum absolute atomic E-state index is 11.9. The maximum Gasteiger partial charge on any atom is 0.349 e. The summed E-state index contributed by atoms with van der Waals surface area (Å²) >= 11 is 0. The Morgan fingerprint density at radius 3 is 2.25 bits per heavy atom. The first-order valence-electron chi connectivity index (χ1n) is 6.57. The number of nitroso groups, excluding NO2 is 1. The number of carbonyl (C=O) groups excluding carboxylic acids is 1. The molecule has 0 heterocycles. The van der Waals surface area contributed by atoms with E-state index < -0.39 is 11.6 Å². The summed E-state index contributed by atoms with van der Waals surface area (Å²) in [6.07, 6.45) is 0. The minimum Gasteiger partial charge on any atom is -0.476 e. The highest BCUT2D eigenvalue weighted by Gasteiger charge is 2.32. The summed E-state index contributed by atoms with van der Waals surface area (Å²) in [5, 5.41) is 2.88. The van der Waals surface area contributed by atoms with Crippen molar-refractivity contribution in [1.82, 2.24) is 0 Å². The number of carbonyl (C=O) groups is 1. The van der Waals surface area contributed by atoms with Crippen LogP contribution in [0.2, 0.25) is 0 Å². The van der Waals surface area contributed by atoms with Gasteiger partial charge in [-0.2, -0.15) is 4.91 Å². The molecule has 5 nitrogen and oxygen atoms in total. The van der Waals surface area contributed by atoms with Crippen LogP contribution >= 0.6 is 0 Å². The Morgan fingerprint density at radius 1 is 1.25 bits per heavy atom. The molecule has 0 atom stereocenters. The fraction of sp³-hybridized carbons (Fsp3) is 0.533. The number of esters is 1. The smallest absolute Gasteiger partial charge is 0.349 e. The summed E-state index contributed by atoms with van der Waals surface area (Å²) in [6, 6.07) is 3.68. The number of aryl methyl sites for hydroxylation is 2. The first-order chi connectivity index (χ1) is 9.31. The van der Waals surface area contributed by atoms with Gasteiger partial charge in [-0.15, -0.1) is 0 Å². The standard InChI is InChI=1S/C15H21NO4/c1-6-19-14(17)15(4,5)20-13-10(2)7-12(9-16-18)8-11(13)3/h7-8H,6,9H2,1-5H3. The Bertz CT molecular complexity index is 486. The predicted octanol–water partition coefficient (Wildman–Crippen LogP) is 3.29. The van der Waals surface area contributed by atoms with Crippen molar-refractivity contribution < 1.29 is 14.3 Å². The van der Waals surface area contributed by atoms with Gasteiger partial charge in [0.1, 0.15) is 12.3 Å². The van der Waals surface area contributed by atoms with Crippen LogP contribution in [0.3, 0.4) is 0 Å². The number of rotatable bonds is 6. The Hall–Kier alpha value is -1.91. The van der Waals surface area contributed by atoms with Crippen LogP contribution in [-0.2, 0) is 16.1 Å². The molecular formula is C15H21NO4. The third-order valence-corrected chi connectivity index (χ3v) is 2.89. The molecular weight excluding hydrogens is 258 g/mol. The van der Waals surface area contributed by atoms with Gasteiger partial charge >= 0.3 is 5.97 Å². The van der Waals surface area contributed by atoms with E-state index in [-0.39, 0.29) is 6.54 Å². The minimum absolute atomic E-state index is 0.128. The summed E-state index contributed by atoms with van der Waals surface area (Å²) < 4.78 is 10.8. The van der Waals surface area contributed by atoms with Crippen molar-refractivity contribution in [3.63, 3.8) is 0 Å². The van der Waals surface area contributed by atoms with Gasteiger partial charge in [-0.3, -0.25) is 0 Å². The molecule has 1 aromatic rings. The van der Waals surface area contributed by atoms with Gasteiger partial charge in [0.2, 0.25) is 0 Å². The highest BCUT2D eigenvalue weighted by atomic mass is 16.6. The average Bonchev–Trinajstić information content (AvgIpc) is 2.34. The van der Waals surface area contributed by atoms with Gasteiger partial charge in [-0.25, -0.2) is 4.79 Å². The molecule has 1 rings (SSSR count). The lowest BCUT2D eigenvalue weighted by Gasteiger charge is -2.26. The third kappa shape index (κ3) is 3.79. The molecule has 0 saturated heterocycles. The highest BCUT2D eigenvalue weighted by Crippen LogP contribution is 2.29. The molecule has 0 amide bonds. The average molecular weight is 279 g/mol. The quantitative estimate of drug-likeness (QED) is 0.592. The molecule has 0 aliphatic heterocycles. The van der Waals surface area contributed by atoms with Gasteiger partial charge in [-0.05, 0) is 51.3 Å². The Kier molecular flexibility index (Phi) is 5.25. The lowest BCUT2D eigenvalue weighted by atomic mass is 10.0. The zero-order valence-electron chi connectivity index (χ0n) is 12.6. The summed E-state index contributed by atoms with van der Waals surface area (Å²) in [6.45, 7) is 9.29. The van der Waals surface area contributed by atoms with E-state index in [1.165, 1.54) is 0 Å². The van der Waals surface area contributed by atoms with E-state index in [0.29, 0.717) is 12.4 Å². The predicted molar refractivity (Wildman–Crippen MR) is 76.8 cm³/mol. The van der Waals surface area contributed by atoms with Gasteiger partial charge < -0.3 is 9.47 Å². The van der Waals surface area contributed by atoms with Crippen LogP contribution < -0.4 is 4.74 Å². The van der Waals surface area contributed by atoms with Gasteiger partial charge in [-0.1, -0.05) is 17.3 Å². The Balaban J connectivity index is 3.03. The zero-order chi connectivity index (χ0) is 15.3. The summed E-state index contributed by atoms with van der Waals surface area (Å²) in [5.74, 6) is 0.232. The minimum atomic E-state index is -1.06. The second-order valence-corrected chi connectivity index (χ2v) is 5.18. The molecule has 5 heteroatoms. The monoisotopic (exact) mass is 279 g/mol. The van der Waals surface area contributed by atoms with E-state index in [0.717, 1.165) is 16.7 Å². The van der Waals surface area contributed by atoms with E-state index in [4.69, 9.17) is 9.47 Å². The van der Waals surface area contributed by atoms with Crippen molar-refractivity contribution in [3.05, 3.63) is 33.7 Å². The number of hydrogen-bond acceptors (Lipinski definition) is 5. The largest absolute Gasteiger partial charge is 0.476 e. The van der Waals surface area contributed by atoms with Crippen LogP contribution in [0.1, 0.15) is 37.5 Å². The van der Waals surface area contributed by atoms with E-state index in [9.17, 15) is 9.70 Å². The van der Waals surface area contributed by atoms with Crippen molar-refractivity contribution in [3.8, 4) is 5.75 Å². The number of nitrogens with zero attached hydrogens (tertiary/aromatic N) is 1. The molecule has 20 heavy (non-hydrogen) atoms. The fourth-order valence-electron chi connectivity index (χ4n) is 1.97. The molecule has 0 fully saturated rings. The third-order valence-electron chi connectivity index (χ3n) is 2.89. The second-order valence-electron chi connectivity index (χ2n) is 5.18. The SMILES string of the molecule is CCOC(=O)C(C)(C)Oc1c(C)cc(CN=O)cc1C. The first kappa shape index (κ1) is 16.1. The summed E-state index contributed by atoms with van der Waals surface area (Å²) in [5.41, 5.74) is 1.49. The lowest BCUT2D eigenvalue weighted by Crippen LogP contribution is -2.40. The van der Waals surface area contributed by atoms with Crippen molar-refractivity contribution in [2.24, 2.45) is 5.18 Å². The van der Waals surface area contributed by atoms with Gasteiger partial charge in [0.25, 0.3) is 0 Å². The first-order valence-corrected chi connectivity index (χ1v) is 6.57. The Morgan fingerprint density at radius 2 is 1.80 bits per heavy atom. The molecule has 0 bridgehead atoms. The molecule has 0 radical (unpaired) electrons. The molecule has 110 valence electrons. The van der Waals surface area contributed by atoms with Crippen LogP contribution in [0.25, 0.3) is 0 Å². The zero-order valence-corrected chi connectivity index (χ0v) is 12.6. The van der Waals surface area contributed by atoms with Crippen molar-refractivity contribution in [2.75, 3.05) is 6.61 Å². The topological polar surface area (TPSA) is 65.0 Å². The number of ether oxygens (including phenoxy) is 2. The molecule has 0 unspecified atom stereocenters. The van der Waals surface area contributed by atoms with Crippen LogP contribution in [0.4, 0.5) is 0 Å². The maximum atomic E-state index is 11.9. The van der Waals surface area contributed by atoms with Crippen molar-refractivity contribution in [1.29, 1.82) is 0 Å². The molecule has 0 aromatic heterocycles. The molecule has 0 N–H and O–H groups in total. The van der Waals surface area contributed by atoms with E-state index in [1.807, 2.05) is 26.0 Å². The van der Waals surface area contributed by atoms with Crippen LogP contribution in [0.5, 0.6) is 5.75 Å². The highest BCUT2D eigenvalue weighted by molar-refractivity contribution is 5.79. The molecule has 0 spiro atoms. The van der Waals surface area contributed by atoms with Gasteiger partial charge in [0, 0.05) is 0 Å². The van der Waals surface area contributed by atoms with Gasteiger partial charge in [0.15, 0.2) is 5.60 Å². The normalized spacial score (nSPS) is 11.1. The second kappa shape index (κ2) is 6.50. The van der Waals surface area contributed by atoms with E-state index >= 15 is 0 Å². The molecule has 0 aliphatic rings. The van der Waals surface area contributed by atoms with Crippen molar-refractivity contribution in [2.45, 2.75) is 46.8 Å². The van der Waals surface area contributed by atoms with E-state index in [2.05, 4.69) is 5.18 Å². The van der Waals surface area contributed by atoms with Gasteiger partial charge in [0.05, 0.1) is 6.61 Å². The van der Waals surface area contributed by atoms with Crippen LogP contribution in [-0.4, -0.2) is 18.2 Å². The van der Waals surface area contributed by atoms with Crippen LogP contribution in [0.15, 0.2) is 17.3 Å². The van der Waals surface area contributed by atoms with E-state index in [1.54, 1.807) is 20.8 Å². The fourth-order valence-corrected chi connectivity index (χ4v) is 1.97. The molecule has 0 aliphatic carbocycles.